The second-order valence-corrected chi connectivity index (χ2v) is 5.58. The van der Waals surface area contributed by atoms with Crippen LogP contribution in [0.25, 0.3) is 5.52 Å². The molecule has 1 aliphatic heterocycles. The van der Waals surface area contributed by atoms with Crippen molar-refractivity contribution in [3.63, 3.8) is 0 Å². The first-order valence-corrected chi connectivity index (χ1v) is 7.69. The van der Waals surface area contributed by atoms with Gasteiger partial charge in [-0.25, -0.2) is 4.68 Å². The fourth-order valence-corrected chi connectivity index (χ4v) is 2.83. The summed E-state index contributed by atoms with van der Waals surface area (Å²) in [7, 11) is 0. The molecule has 6 nitrogen and oxygen atoms in total. The zero-order chi connectivity index (χ0) is 15.5. The zero-order valence-corrected chi connectivity index (χ0v) is 12.7. The minimum atomic E-state index is -0.238. The average Bonchev–Trinajstić information content (AvgIpc) is 3.16. The zero-order valence-electron chi connectivity index (χ0n) is 12.7. The van der Waals surface area contributed by atoms with Crippen molar-refractivity contribution in [2.45, 2.75) is 38.8 Å². The van der Waals surface area contributed by atoms with E-state index < -0.39 is 0 Å². The van der Waals surface area contributed by atoms with Gasteiger partial charge in [0.25, 0.3) is 5.56 Å². The maximum Gasteiger partial charge on any atom is 0.291 e. The molecule has 0 saturated heterocycles. The topological polar surface area (TPSA) is 59.6 Å². The molecule has 116 valence electrons. The second kappa shape index (κ2) is 6.17. The molecule has 0 spiro atoms. The molecule has 0 fully saturated rings. The van der Waals surface area contributed by atoms with Crippen LogP contribution >= 0.6 is 0 Å². The highest BCUT2D eigenvalue weighted by atomic mass is 16.2. The summed E-state index contributed by atoms with van der Waals surface area (Å²) in [6.45, 7) is 2.75. The third-order valence-electron chi connectivity index (χ3n) is 4.07. The van der Waals surface area contributed by atoms with Crippen molar-refractivity contribution in [1.29, 1.82) is 0 Å². The van der Waals surface area contributed by atoms with E-state index in [2.05, 4.69) is 18.1 Å². The number of hydrogen-bond acceptors (Lipinski definition) is 3. The fraction of sp³-hybridized carbons (Fsp3) is 0.438. The number of unbranched alkanes of at least 4 members (excludes halogenated alkanes) is 1. The first-order valence-electron chi connectivity index (χ1n) is 7.69. The van der Waals surface area contributed by atoms with E-state index in [4.69, 9.17) is 0 Å². The molecule has 0 bridgehead atoms. The molecular formula is C16H20N4O2. The van der Waals surface area contributed by atoms with Crippen LogP contribution in [0, 0.1) is 0 Å². The van der Waals surface area contributed by atoms with Gasteiger partial charge in [0.05, 0.1) is 6.04 Å². The van der Waals surface area contributed by atoms with Crippen LogP contribution in [-0.2, 0) is 11.3 Å². The van der Waals surface area contributed by atoms with Crippen LogP contribution < -0.4 is 5.56 Å². The van der Waals surface area contributed by atoms with E-state index in [1.807, 2.05) is 11.0 Å². The van der Waals surface area contributed by atoms with E-state index >= 15 is 0 Å². The lowest BCUT2D eigenvalue weighted by Gasteiger charge is -2.24. The maximum atomic E-state index is 12.5. The molecule has 0 saturated carbocycles. The van der Waals surface area contributed by atoms with Crippen molar-refractivity contribution in [2.75, 3.05) is 6.54 Å². The Morgan fingerprint density at radius 3 is 3.14 bits per heavy atom. The molecule has 2 aromatic heterocycles. The fourth-order valence-electron chi connectivity index (χ4n) is 2.83. The van der Waals surface area contributed by atoms with Crippen molar-refractivity contribution in [3.05, 3.63) is 47.2 Å². The van der Waals surface area contributed by atoms with Crippen LogP contribution in [-0.4, -0.2) is 37.6 Å². The Morgan fingerprint density at radius 2 is 2.32 bits per heavy atom. The van der Waals surface area contributed by atoms with Gasteiger partial charge in [0.15, 0.2) is 0 Å². The highest BCUT2D eigenvalue weighted by Crippen LogP contribution is 2.16. The van der Waals surface area contributed by atoms with Crippen molar-refractivity contribution < 1.29 is 4.79 Å². The van der Waals surface area contributed by atoms with Crippen LogP contribution in [0.4, 0.5) is 0 Å². The highest BCUT2D eigenvalue weighted by molar-refractivity contribution is 5.77. The smallest absolute Gasteiger partial charge is 0.291 e. The molecule has 0 radical (unpaired) electrons. The van der Waals surface area contributed by atoms with E-state index in [1.165, 1.54) is 4.68 Å². The van der Waals surface area contributed by atoms with Crippen molar-refractivity contribution in [3.8, 4) is 0 Å². The quantitative estimate of drug-likeness (QED) is 0.785. The third-order valence-corrected chi connectivity index (χ3v) is 4.07. The molecule has 1 atom stereocenters. The number of amides is 1. The molecular weight excluding hydrogens is 280 g/mol. The second-order valence-electron chi connectivity index (χ2n) is 5.58. The van der Waals surface area contributed by atoms with Gasteiger partial charge in [-0.05, 0) is 18.6 Å². The SMILES string of the molecule is CCCC[C@H]1C=CCN1C(=O)Cn1ncn2cccc2c1=O. The van der Waals surface area contributed by atoms with Crippen LogP contribution in [0.1, 0.15) is 26.2 Å². The van der Waals surface area contributed by atoms with Gasteiger partial charge in [0.1, 0.15) is 18.4 Å². The van der Waals surface area contributed by atoms with E-state index in [0.29, 0.717) is 12.1 Å². The van der Waals surface area contributed by atoms with Crippen molar-refractivity contribution in [2.24, 2.45) is 0 Å². The van der Waals surface area contributed by atoms with E-state index in [-0.39, 0.29) is 24.1 Å². The predicted molar refractivity (Wildman–Crippen MR) is 83.6 cm³/mol. The number of carbonyl (C=O) groups excluding carboxylic acids is 1. The van der Waals surface area contributed by atoms with E-state index in [1.54, 1.807) is 29.1 Å². The molecule has 2 aromatic rings. The maximum absolute atomic E-state index is 12.5. The largest absolute Gasteiger partial charge is 0.331 e. The van der Waals surface area contributed by atoms with Gasteiger partial charge in [-0.15, -0.1) is 0 Å². The Balaban J connectivity index is 1.75. The summed E-state index contributed by atoms with van der Waals surface area (Å²) in [6, 6.07) is 3.67. The van der Waals surface area contributed by atoms with Crippen molar-refractivity contribution in [1.82, 2.24) is 19.1 Å². The Labute approximate surface area is 128 Å². The average molecular weight is 300 g/mol. The Hall–Kier alpha value is -2.37. The van der Waals surface area contributed by atoms with Gasteiger partial charge in [0.2, 0.25) is 5.91 Å². The summed E-state index contributed by atoms with van der Waals surface area (Å²) < 4.78 is 2.90. The minimum Gasteiger partial charge on any atom is -0.331 e. The molecule has 0 unspecified atom stereocenters. The van der Waals surface area contributed by atoms with Crippen LogP contribution in [0.2, 0.25) is 0 Å². The standard InChI is InChI=1S/C16H20N4O2/c1-2-3-6-13-7-4-10-19(13)15(21)11-20-16(22)14-8-5-9-18(14)12-17-20/h4-5,7-9,12-13H,2-3,6,10-11H2,1H3/t13-/m0/s1. The van der Waals surface area contributed by atoms with Crippen molar-refractivity contribution >= 4 is 11.4 Å². The summed E-state index contributed by atoms with van der Waals surface area (Å²) >= 11 is 0. The minimum absolute atomic E-state index is 0.00911. The van der Waals surface area contributed by atoms with Gasteiger partial charge in [0, 0.05) is 12.7 Å². The molecule has 1 amide bonds. The van der Waals surface area contributed by atoms with Gasteiger partial charge in [-0.2, -0.15) is 5.10 Å². The number of aromatic nitrogens is 3. The molecule has 1 aliphatic rings. The molecule has 0 aliphatic carbocycles. The monoisotopic (exact) mass is 300 g/mol. The van der Waals surface area contributed by atoms with Crippen LogP contribution in [0.15, 0.2) is 41.6 Å². The first-order chi connectivity index (χ1) is 10.7. The van der Waals surface area contributed by atoms with E-state index in [0.717, 1.165) is 19.3 Å². The summed E-state index contributed by atoms with van der Waals surface area (Å²) in [5, 5.41) is 4.08. The Bertz CT molecular complexity index is 759. The Kier molecular flexibility index (Phi) is 4.09. The molecule has 3 heterocycles. The molecule has 22 heavy (non-hydrogen) atoms. The lowest BCUT2D eigenvalue weighted by Crippen LogP contribution is -2.40. The Morgan fingerprint density at radius 1 is 1.45 bits per heavy atom. The van der Waals surface area contributed by atoms with Crippen LogP contribution in [0.5, 0.6) is 0 Å². The lowest BCUT2D eigenvalue weighted by molar-refractivity contribution is -0.132. The summed E-state index contributed by atoms with van der Waals surface area (Å²) in [6.07, 6.45) is 10.6. The first kappa shape index (κ1) is 14.6. The molecule has 0 N–H and O–H groups in total. The number of fused-ring (bicyclic) bond motifs is 1. The van der Waals surface area contributed by atoms with E-state index in [9.17, 15) is 9.59 Å². The number of carbonyl (C=O) groups is 1. The van der Waals surface area contributed by atoms with Gasteiger partial charge in [-0.3, -0.25) is 9.59 Å². The summed E-state index contributed by atoms with van der Waals surface area (Å²) in [4.78, 5) is 26.6. The van der Waals surface area contributed by atoms with Gasteiger partial charge >= 0.3 is 0 Å². The molecule has 6 heteroatoms. The molecule has 0 aromatic carbocycles. The summed E-state index contributed by atoms with van der Waals surface area (Å²) in [5.41, 5.74) is 0.294. The number of rotatable bonds is 5. The highest BCUT2D eigenvalue weighted by Gasteiger charge is 2.24. The molecule has 3 rings (SSSR count). The van der Waals surface area contributed by atoms with Crippen LogP contribution in [0.3, 0.4) is 0 Å². The van der Waals surface area contributed by atoms with Gasteiger partial charge < -0.3 is 9.30 Å². The number of nitrogens with zero attached hydrogens (tertiary/aromatic N) is 4. The third kappa shape index (κ3) is 2.68. The lowest BCUT2D eigenvalue weighted by atomic mass is 10.1. The normalized spacial score (nSPS) is 17.5. The predicted octanol–water partition coefficient (Wildman–Crippen LogP) is 1.45. The van der Waals surface area contributed by atoms with Gasteiger partial charge in [-0.1, -0.05) is 31.9 Å². The number of hydrogen-bond donors (Lipinski definition) is 0. The summed E-state index contributed by atoms with van der Waals surface area (Å²) in [5.74, 6) is -0.0587.